The van der Waals surface area contributed by atoms with Crippen LogP contribution in [-0.2, 0) is 19.2 Å². The maximum atomic E-state index is 13.0. The van der Waals surface area contributed by atoms with Crippen molar-refractivity contribution in [2.24, 2.45) is 23.1 Å². The van der Waals surface area contributed by atoms with Crippen molar-refractivity contribution in [2.45, 2.75) is 83.0 Å². The number of amides is 3. The molecule has 0 spiro atoms. The summed E-state index contributed by atoms with van der Waals surface area (Å²) in [6.07, 6.45) is 3.57. The molecule has 12 heteroatoms. The minimum atomic E-state index is -1.15. The number of carbonyl (C=O) groups is 4. The number of unbranched alkanes of at least 4 members (excludes halogenated alkanes) is 2. The lowest BCUT2D eigenvalue weighted by Crippen LogP contribution is -2.58. The zero-order valence-corrected chi connectivity index (χ0v) is 20.6. The molecule has 0 aliphatic carbocycles. The zero-order chi connectivity index (χ0) is 25.4. The topological polar surface area (TPSA) is 203 Å². The van der Waals surface area contributed by atoms with Gasteiger partial charge in [0.05, 0.1) is 6.04 Å². The average molecular weight is 491 g/mol. The second-order valence-electron chi connectivity index (χ2n) is 8.19. The molecule has 0 bridgehead atoms. The van der Waals surface area contributed by atoms with Gasteiger partial charge in [0.1, 0.15) is 18.1 Å². The van der Waals surface area contributed by atoms with Crippen LogP contribution in [0.1, 0.15) is 58.8 Å². The van der Waals surface area contributed by atoms with Crippen LogP contribution in [0.3, 0.4) is 0 Å². The molecule has 0 fully saturated rings. The Bertz CT molecular complexity index is 624. The smallest absolute Gasteiger partial charge is 0.326 e. The van der Waals surface area contributed by atoms with Crippen molar-refractivity contribution in [1.82, 2.24) is 16.0 Å². The molecule has 11 nitrogen and oxygen atoms in total. The van der Waals surface area contributed by atoms with Crippen molar-refractivity contribution in [3.8, 4) is 0 Å². The normalized spacial score (nSPS) is 15.6. The second kappa shape index (κ2) is 17.6. The van der Waals surface area contributed by atoms with Crippen LogP contribution in [0.4, 0.5) is 0 Å². The highest BCUT2D eigenvalue weighted by molar-refractivity contribution is 7.80. The first kappa shape index (κ1) is 31.1. The second-order valence-corrected chi connectivity index (χ2v) is 8.56. The van der Waals surface area contributed by atoms with Crippen molar-refractivity contribution < 1.29 is 24.3 Å². The molecule has 0 aromatic rings. The van der Waals surface area contributed by atoms with Crippen molar-refractivity contribution in [3.05, 3.63) is 0 Å². The number of carboxylic acid groups (broad SMARTS) is 1. The Morgan fingerprint density at radius 3 is 1.82 bits per heavy atom. The summed E-state index contributed by atoms with van der Waals surface area (Å²) in [5, 5.41) is 17.3. The summed E-state index contributed by atoms with van der Waals surface area (Å²) in [7, 11) is 0. The zero-order valence-electron chi connectivity index (χ0n) is 19.7. The van der Waals surface area contributed by atoms with Crippen LogP contribution >= 0.6 is 12.6 Å². The number of carboxylic acids is 1. The van der Waals surface area contributed by atoms with Gasteiger partial charge in [-0.15, -0.1) is 0 Å². The third-order valence-corrected chi connectivity index (χ3v) is 5.86. The van der Waals surface area contributed by atoms with Gasteiger partial charge in [-0.1, -0.05) is 20.3 Å². The maximum absolute atomic E-state index is 13.0. The van der Waals surface area contributed by atoms with Gasteiger partial charge in [-0.2, -0.15) is 12.6 Å². The van der Waals surface area contributed by atoms with E-state index in [2.05, 4.69) is 28.6 Å². The molecule has 5 unspecified atom stereocenters. The Morgan fingerprint density at radius 2 is 1.36 bits per heavy atom. The molecule has 0 rings (SSSR count). The Balaban J connectivity index is 5.44. The van der Waals surface area contributed by atoms with Gasteiger partial charge >= 0.3 is 5.97 Å². The van der Waals surface area contributed by atoms with Crippen LogP contribution in [0.5, 0.6) is 0 Å². The fourth-order valence-electron chi connectivity index (χ4n) is 3.09. The Hall–Kier alpha value is -1.89. The SMILES string of the molecule is CCC(C)C(NC(=O)C(CCCCN)NC(=O)C(N)CS)C(=O)NC(CCCCN)C(=O)O. The maximum Gasteiger partial charge on any atom is 0.326 e. The summed E-state index contributed by atoms with van der Waals surface area (Å²) >= 11 is 4.00. The van der Waals surface area contributed by atoms with Gasteiger partial charge in [0.2, 0.25) is 17.7 Å². The summed E-state index contributed by atoms with van der Waals surface area (Å²) in [5.41, 5.74) is 16.7. The molecule has 0 aliphatic heterocycles. The summed E-state index contributed by atoms with van der Waals surface area (Å²) in [5.74, 6) is -2.95. The van der Waals surface area contributed by atoms with Crippen LogP contribution in [0.25, 0.3) is 0 Å². The number of carbonyl (C=O) groups excluding carboxylic acids is 3. The first-order chi connectivity index (χ1) is 15.6. The lowest BCUT2D eigenvalue weighted by Gasteiger charge is -2.28. The fraction of sp³-hybridized carbons (Fsp3) is 0.810. The lowest BCUT2D eigenvalue weighted by atomic mass is 9.96. The predicted molar refractivity (Wildman–Crippen MR) is 131 cm³/mol. The highest BCUT2D eigenvalue weighted by Crippen LogP contribution is 2.11. The molecule has 0 saturated heterocycles. The lowest BCUT2D eigenvalue weighted by molar-refractivity contribution is -0.143. The van der Waals surface area contributed by atoms with Crippen molar-refractivity contribution >= 4 is 36.3 Å². The summed E-state index contributed by atoms with van der Waals surface area (Å²) in [6.45, 7) is 4.52. The molecule has 10 N–H and O–H groups in total. The molecular weight excluding hydrogens is 448 g/mol. The summed E-state index contributed by atoms with van der Waals surface area (Å²) < 4.78 is 0. The minimum Gasteiger partial charge on any atom is -0.480 e. The van der Waals surface area contributed by atoms with E-state index in [1.807, 2.05) is 6.92 Å². The molecule has 0 aromatic carbocycles. The van der Waals surface area contributed by atoms with E-state index in [0.717, 1.165) is 0 Å². The number of aliphatic carboxylic acids is 1. The number of hydrogen-bond acceptors (Lipinski definition) is 8. The van der Waals surface area contributed by atoms with E-state index in [1.165, 1.54) is 0 Å². The summed E-state index contributed by atoms with van der Waals surface area (Å²) in [4.78, 5) is 49.8. The first-order valence-electron chi connectivity index (χ1n) is 11.5. The summed E-state index contributed by atoms with van der Waals surface area (Å²) in [6, 6.07) is -3.84. The molecule has 0 aliphatic rings. The fourth-order valence-corrected chi connectivity index (χ4v) is 3.26. The van der Waals surface area contributed by atoms with Crippen LogP contribution in [0.15, 0.2) is 0 Å². The number of rotatable bonds is 18. The highest BCUT2D eigenvalue weighted by Gasteiger charge is 2.32. The van der Waals surface area contributed by atoms with Gasteiger partial charge in [-0.05, 0) is 57.5 Å². The minimum absolute atomic E-state index is 0.113. The van der Waals surface area contributed by atoms with Crippen LogP contribution in [0.2, 0.25) is 0 Å². The van der Waals surface area contributed by atoms with E-state index < -0.39 is 47.9 Å². The van der Waals surface area contributed by atoms with Crippen LogP contribution in [0, 0.1) is 5.92 Å². The Kier molecular flexibility index (Phi) is 16.6. The van der Waals surface area contributed by atoms with E-state index in [9.17, 15) is 24.3 Å². The van der Waals surface area contributed by atoms with E-state index in [4.69, 9.17) is 17.2 Å². The van der Waals surface area contributed by atoms with Gasteiger partial charge in [-0.25, -0.2) is 4.79 Å². The van der Waals surface area contributed by atoms with Crippen molar-refractivity contribution in [1.29, 1.82) is 0 Å². The molecule has 0 saturated carbocycles. The average Bonchev–Trinajstić information content (AvgIpc) is 2.79. The molecule has 0 radical (unpaired) electrons. The number of nitrogens with two attached hydrogens (primary N) is 3. The standard InChI is InChI=1S/C21H42N6O5S/c1-3-13(2)17(20(30)26-16(21(31)32)9-5-7-11-23)27-19(29)15(8-4-6-10-22)25-18(28)14(24)12-33/h13-17,33H,3-12,22-24H2,1-2H3,(H,25,28)(H,26,30)(H,27,29)(H,31,32). The molecule has 0 heterocycles. The monoisotopic (exact) mass is 490 g/mol. The molecular formula is C21H42N6O5S. The van der Waals surface area contributed by atoms with Crippen molar-refractivity contribution in [3.63, 3.8) is 0 Å². The quantitative estimate of drug-likeness (QED) is 0.0890. The largest absolute Gasteiger partial charge is 0.480 e. The number of hydrogen-bond donors (Lipinski definition) is 8. The van der Waals surface area contributed by atoms with Crippen molar-refractivity contribution in [2.75, 3.05) is 18.8 Å². The molecule has 33 heavy (non-hydrogen) atoms. The molecule has 0 aromatic heterocycles. The first-order valence-corrected chi connectivity index (χ1v) is 12.2. The van der Waals surface area contributed by atoms with E-state index >= 15 is 0 Å². The van der Waals surface area contributed by atoms with Crippen LogP contribution < -0.4 is 33.2 Å². The van der Waals surface area contributed by atoms with Gasteiger partial charge in [0, 0.05) is 5.75 Å². The Morgan fingerprint density at radius 1 is 0.848 bits per heavy atom. The van der Waals surface area contributed by atoms with Gasteiger partial charge in [-0.3, -0.25) is 14.4 Å². The van der Waals surface area contributed by atoms with Gasteiger partial charge < -0.3 is 38.3 Å². The molecule has 192 valence electrons. The Labute approximate surface area is 201 Å². The number of nitrogens with one attached hydrogen (secondary N) is 3. The molecule has 5 atom stereocenters. The van der Waals surface area contributed by atoms with E-state index in [-0.39, 0.29) is 18.1 Å². The van der Waals surface area contributed by atoms with E-state index in [0.29, 0.717) is 51.6 Å². The van der Waals surface area contributed by atoms with E-state index in [1.54, 1.807) is 6.92 Å². The number of thiol groups is 1. The van der Waals surface area contributed by atoms with Gasteiger partial charge in [0.15, 0.2) is 0 Å². The highest BCUT2D eigenvalue weighted by atomic mass is 32.1. The molecule has 3 amide bonds. The van der Waals surface area contributed by atoms with Gasteiger partial charge in [0.25, 0.3) is 0 Å². The van der Waals surface area contributed by atoms with Crippen LogP contribution in [-0.4, -0.2) is 71.8 Å². The predicted octanol–water partition coefficient (Wildman–Crippen LogP) is -0.913. The third kappa shape index (κ3) is 12.2. The third-order valence-electron chi connectivity index (χ3n) is 5.47.